The molecule has 0 aliphatic carbocycles. The number of benzene rings is 1. The summed E-state index contributed by atoms with van der Waals surface area (Å²) in [5, 5.41) is 0.680. The van der Waals surface area contributed by atoms with Crippen molar-refractivity contribution in [3.05, 3.63) is 27.7 Å². The van der Waals surface area contributed by atoms with Crippen LogP contribution in [0.4, 0.5) is 0 Å². The summed E-state index contributed by atoms with van der Waals surface area (Å²) in [5.41, 5.74) is 5.43. The molecular weight excluding hydrogens is 253 g/mol. The van der Waals surface area contributed by atoms with Gasteiger partial charge in [0.15, 0.2) is 0 Å². The lowest BCUT2D eigenvalue weighted by molar-refractivity contribution is 0.228. The van der Waals surface area contributed by atoms with Crippen molar-refractivity contribution in [2.75, 3.05) is 6.54 Å². The average molecular weight is 265 g/mol. The molecule has 0 aliphatic heterocycles. The minimum absolute atomic E-state index is 0.0116. The first kappa shape index (κ1) is 10.8. The first-order chi connectivity index (χ1) is 6.13. The van der Waals surface area contributed by atoms with Crippen LogP contribution >= 0.6 is 27.5 Å². The number of hydrogen-bond donors (Lipinski definition) is 1. The van der Waals surface area contributed by atoms with Gasteiger partial charge in [0.05, 0.1) is 4.47 Å². The van der Waals surface area contributed by atoms with Crippen LogP contribution in [0.3, 0.4) is 0 Å². The van der Waals surface area contributed by atoms with Gasteiger partial charge in [-0.15, -0.1) is 0 Å². The molecule has 0 bridgehead atoms. The molecular formula is C9H11BrClNO. The quantitative estimate of drug-likeness (QED) is 0.911. The molecule has 0 fully saturated rings. The third kappa shape index (κ3) is 3.18. The van der Waals surface area contributed by atoms with Crippen LogP contribution in [0.1, 0.15) is 6.92 Å². The van der Waals surface area contributed by atoms with E-state index < -0.39 is 0 Å². The van der Waals surface area contributed by atoms with Gasteiger partial charge in [0.2, 0.25) is 0 Å². The highest BCUT2D eigenvalue weighted by molar-refractivity contribution is 9.10. The molecule has 0 amide bonds. The van der Waals surface area contributed by atoms with Crippen LogP contribution in [0, 0.1) is 0 Å². The summed E-state index contributed by atoms with van der Waals surface area (Å²) in [5.74, 6) is 0.766. The van der Waals surface area contributed by atoms with E-state index >= 15 is 0 Å². The van der Waals surface area contributed by atoms with Crippen LogP contribution in [-0.2, 0) is 0 Å². The van der Waals surface area contributed by atoms with Crippen LogP contribution in [0.2, 0.25) is 5.02 Å². The Morgan fingerprint density at radius 2 is 2.31 bits per heavy atom. The van der Waals surface area contributed by atoms with Crippen LogP contribution in [0.15, 0.2) is 22.7 Å². The predicted molar refractivity (Wildman–Crippen MR) is 58.3 cm³/mol. The summed E-state index contributed by atoms with van der Waals surface area (Å²) in [4.78, 5) is 0. The van der Waals surface area contributed by atoms with Gasteiger partial charge in [0.25, 0.3) is 0 Å². The maximum atomic E-state index is 5.78. The highest BCUT2D eigenvalue weighted by Crippen LogP contribution is 2.28. The summed E-state index contributed by atoms with van der Waals surface area (Å²) < 4.78 is 6.37. The molecule has 0 saturated carbocycles. The highest BCUT2D eigenvalue weighted by atomic mass is 79.9. The van der Waals surface area contributed by atoms with E-state index in [1.54, 1.807) is 12.1 Å². The molecule has 0 spiro atoms. The summed E-state index contributed by atoms with van der Waals surface area (Å²) >= 11 is 9.13. The highest BCUT2D eigenvalue weighted by Gasteiger charge is 2.05. The van der Waals surface area contributed by atoms with Crippen LogP contribution < -0.4 is 10.5 Å². The smallest absolute Gasteiger partial charge is 0.134 e. The Kier molecular flexibility index (Phi) is 4.03. The van der Waals surface area contributed by atoms with Crippen molar-refractivity contribution in [2.24, 2.45) is 5.73 Å². The fraction of sp³-hybridized carbons (Fsp3) is 0.333. The minimum Gasteiger partial charge on any atom is -0.488 e. The normalized spacial score (nSPS) is 12.6. The Labute approximate surface area is 91.2 Å². The zero-order chi connectivity index (χ0) is 9.84. The average Bonchev–Trinajstić information content (AvgIpc) is 2.09. The van der Waals surface area contributed by atoms with Crippen LogP contribution in [0.5, 0.6) is 5.75 Å². The van der Waals surface area contributed by atoms with E-state index in [9.17, 15) is 0 Å². The summed E-state index contributed by atoms with van der Waals surface area (Å²) in [7, 11) is 0. The van der Waals surface area contributed by atoms with Gasteiger partial charge in [0.1, 0.15) is 11.9 Å². The molecule has 72 valence electrons. The van der Waals surface area contributed by atoms with E-state index in [-0.39, 0.29) is 6.10 Å². The summed E-state index contributed by atoms with van der Waals surface area (Å²) in [6, 6.07) is 5.39. The van der Waals surface area contributed by atoms with Crippen molar-refractivity contribution < 1.29 is 4.74 Å². The lowest BCUT2D eigenvalue weighted by Gasteiger charge is -2.13. The van der Waals surface area contributed by atoms with Crippen molar-refractivity contribution in [1.82, 2.24) is 0 Å². The van der Waals surface area contributed by atoms with Crippen LogP contribution in [0.25, 0.3) is 0 Å². The number of hydrogen-bond acceptors (Lipinski definition) is 2. The monoisotopic (exact) mass is 263 g/mol. The number of halogens is 2. The molecule has 13 heavy (non-hydrogen) atoms. The fourth-order valence-electron chi connectivity index (χ4n) is 0.836. The molecule has 1 aromatic carbocycles. The molecule has 1 unspecified atom stereocenters. The lowest BCUT2D eigenvalue weighted by atomic mass is 10.3. The Hall–Kier alpha value is -0.250. The second-order valence-corrected chi connectivity index (χ2v) is 4.03. The van der Waals surface area contributed by atoms with Crippen molar-refractivity contribution in [3.8, 4) is 5.75 Å². The zero-order valence-corrected chi connectivity index (χ0v) is 9.60. The molecule has 0 radical (unpaired) electrons. The van der Waals surface area contributed by atoms with Crippen molar-refractivity contribution in [1.29, 1.82) is 0 Å². The third-order valence-corrected chi connectivity index (χ3v) is 2.41. The molecule has 1 atom stereocenters. The fourth-order valence-corrected chi connectivity index (χ4v) is 1.61. The van der Waals surface area contributed by atoms with Gasteiger partial charge in [-0.1, -0.05) is 11.6 Å². The van der Waals surface area contributed by atoms with Gasteiger partial charge in [-0.25, -0.2) is 0 Å². The Morgan fingerprint density at radius 3 is 2.85 bits per heavy atom. The van der Waals surface area contributed by atoms with Crippen molar-refractivity contribution >= 4 is 27.5 Å². The molecule has 0 heterocycles. The van der Waals surface area contributed by atoms with Gasteiger partial charge in [-0.05, 0) is 41.1 Å². The largest absolute Gasteiger partial charge is 0.488 e. The molecule has 0 aliphatic rings. The number of nitrogens with two attached hydrogens (primary N) is 1. The van der Waals surface area contributed by atoms with Gasteiger partial charge in [-0.3, -0.25) is 0 Å². The van der Waals surface area contributed by atoms with Gasteiger partial charge >= 0.3 is 0 Å². The van der Waals surface area contributed by atoms with Gasteiger partial charge in [-0.2, -0.15) is 0 Å². The van der Waals surface area contributed by atoms with E-state index in [1.807, 2.05) is 13.0 Å². The molecule has 1 aromatic rings. The maximum absolute atomic E-state index is 5.78. The number of ether oxygens (including phenoxy) is 1. The SMILES string of the molecule is CC(CN)Oc1ccc(Cl)cc1Br. The number of rotatable bonds is 3. The molecule has 1 rings (SSSR count). The Bertz CT molecular complexity index is 293. The molecule has 0 aromatic heterocycles. The van der Waals surface area contributed by atoms with E-state index in [1.165, 1.54) is 0 Å². The van der Waals surface area contributed by atoms with Gasteiger partial charge in [0, 0.05) is 11.6 Å². The third-order valence-electron chi connectivity index (χ3n) is 1.55. The van der Waals surface area contributed by atoms with Crippen molar-refractivity contribution in [2.45, 2.75) is 13.0 Å². The summed E-state index contributed by atoms with van der Waals surface area (Å²) in [6.07, 6.45) is 0.0116. The molecule has 2 N–H and O–H groups in total. The standard InChI is InChI=1S/C9H11BrClNO/c1-6(5-12)13-9-3-2-7(11)4-8(9)10/h2-4,6H,5,12H2,1H3. The Balaban J connectivity index is 2.77. The molecule has 4 heteroatoms. The molecule has 2 nitrogen and oxygen atoms in total. The lowest BCUT2D eigenvalue weighted by Crippen LogP contribution is -2.22. The first-order valence-electron chi connectivity index (χ1n) is 3.95. The Morgan fingerprint density at radius 1 is 1.62 bits per heavy atom. The van der Waals surface area contributed by atoms with E-state index in [0.717, 1.165) is 10.2 Å². The first-order valence-corrected chi connectivity index (χ1v) is 5.12. The van der Waals surface area contributed by atoms with E-state index in [2.05, 4.69) is 15.9 Å². The summed E-state index contributed by atoms with van der Waals surface area (Å²) in [6.45, 7) is 2.41. The topological polar surface area (TPSA) is 35.2 Å². The molecule has 0 saturated heterocycles. The second-order valence-electron chi connectivity index (χ2n) is 2.74. The van der Waals surface area contributed by atoms with Gasteiger partial charge < -0.3 is 10.5 Å². The maximum Gasteiger partial charge on any atom is 0.134 e. The predicted octanol–water partition coefficient (Wildman–Crippen LogP) is 2.83. The second kappa shape index (κ2) is 4.84. The van der Waals surface area contributed by atoms with Crippen molar-refractivity contribution in [3.63, 3.8) is 0 Å². The zero-order valence-electron chi connectivity index (χ0n) is 7.26. The minimum atomic E-state index is 0.0116. The van der Waals surface area contributed by atoms with Crippen LogP contribution in [-0.4, -0.2) is 12.6 Å². The van der Waals surface area contributed by atoms with E-state index in [4.69, 9.17) is 22.1 Å². The van der Waals surface area contributed by atoms with E-state index in [0.29, 0.717) is 11.6 Å².